The first-order valence-electron chi connectivity index (χ1n) is 12.3. The molecule has 3 aromatic heterocycles. The van der Waals surface area contributed by atoms with Crippen LogP contribution in [0, 0.1) is 13.5 Å². The second-order valence-electron chi connectivity index (χ2n) is 8.81. The van der Waals surface area contributed by atoms with Crippen LogP contribution in [0.5, 0.6) is 11.8 Å². The van der Waals surface area contributed by atoms with E-state index >= 15 is 0 Å². The molecule has 0 saturated heterocycles. The van der Waals surface area contributed by atoms with Gasteiger partial charge in [-0.3, -0.25) is 4.79 Å². The molecule has 5 rings (SSSR count). The summed E-state index contributed by atoms with van der Waals surface area (Å²) in [5.41, 5.74) is 7.04. The molecule has 0 atom stereocenters. The number of carboxylic acids is 2. The van der Waals surface area contributed by atoms with E-state index in [9.17, 15) is 24.6 Å². The maximum atomic E-state index is 11.5. The molecule has 0 saturated carbocycles. The zero-order chi connectivity index (χ0) is 32.2. The van der Waals surface area contributed by atoms with Gasteiger partial charge in [-0.05, 0) is 43.3 Å². The van der Waals surface area contributed by atoms with Crippen LogP contribution in [0.4, 0.5) is 34.6 Å². The lowest BCUT2D eigenvalue weighted by atomic mass is 10.2. The number of carbonyl (C=O) groups is 3. The predicted molar refractivity (Wildman–Crippen MR) is 152 cm³/mol. The number of rotatable bonds is 10. The number of ether oxygens (including phenoxy) is 1. The predicted octanol–water partition coefficient (Wildman–Crippen LogP) is 3.48. The Balaban J connectivity index is 1.48. The molecule has 0 unspecified atom stereocenters. The number of benzene rings is 2. The molecule has 6 N–H and O–H groups in total. The van der Waals surface area contributed by atoms with Crippen molar-refractivity contribution in [1.29, 1.82) is 0 Å². The third kappa shape index (κ3) is 6.04. The summed E-state index contributed by atoms with van der Waals surface area (Å²) in [6, 6.07) is 8.64. The molecular weight excluding hydrogens is 592 g/mol. The summed E-state index contributed by atoms with van der Waals surface area (Å²) in [7, 11) is 0. The van der Waals surface area contributed by atoms with Crippen LogP contribution in [-0.2, 0) is 4.79 Å². The lowest BCUT2D eigenvalue weighted by Gasteiger charge is -2.09. The summed E-state index contributed by atoms with van der Waals surface area (Å²) in [5.74, 6) is -3.05. The maximum Gasteiger partial charge on any atom is 0.335 e. The monoisotopic (exact) mass is 610 g/mol. The number of aromatic hydroxyl groups is 1. The van der Waals surface area contributed by atoms with E-state index < -0.39 is 17.9 Å². The van der Waals surface area contributed by atoms with Gasteiger partial charge in [0.15, 0.2) is 17.3 Å². The van der Waals surface area contributed by atoms with Crippen LogP contribution in [0.2, 0.25) is 0 Å². The quantitative estimate of drug-likeness (QED) is 0.0861. The molecule has 19 heteroatoms. The smallest absolute Gasteiger partial charge is 0.335 e. The molecule has 45 heavy (non-hydrogen) atoms. The summed E-state index contributed by atoms with van der Waals surface area (Å²) >= 11 is 0. The largest absolute Gasteiger partial charge is 0.479 e. The van der Waals surface area contributed by atoms with Crippen LogP contribution in [0.15, 0.2) is 58.9 Å². The molecule has 0 aliphatic heterocycles. The molecule has 0 fully saturated rings. The number of aromatic carboxylic acids is 2. The van der Waals surface area contributed by atoms with Crippen molar-refractivity contribution in [3.8, 4) is 23.4 Å². The average Bonchev–Trinajstić information content (AvgIpc) is 3.54. The van der Waals surface area contributed by atoms with Gasteiger partial charge in [0.1, 0.15) is 5.75 Å². The summed E-state index contributed by atoms with van der Waals surface area (Å²) in [4.78, 5) is 48.7. The van der Waals surface area contributed by atoms with E-state index in [0.717, 1.165) is 10.7 Å². The van der Waals surface area contributed by atoms with Crippen molar-refractivity contribution in [2.24, 2.45) is 10.2 Å². The Morgan fingerprint density at radius 2 is 1.78 bits per heavy atom. The Labute approximate surface area is 250 Å². The molecule has 0 spiro atoms. The Hall–Kier alpha value is -7.23. The third-order valence-electron chi connectivity index (χ3n) is 5.91. The normalized spacial score (nSPS) is 10.8. The second kappa shape index (κ2) is 11.9. The average molecular weight is 611 g/mol. The maximum absolute atomic E-state index is 11.5. The number of hydrogen-bond donors (Lipinski definition) is 5. The minimum Gasteiger partial charge on any atom is -0.479 e. The van der Waals surface area contributed by atoms with Crippen molar-refractivity contribution in [3.63, 3.8) is 0 Å². The number of nitrogens with one attached hydrogen (secondary N) is 1. The summed E-state index contributed by atoms with van der Waals surface area (Å²) in [6.45, 7) is 9.16. The standard InChI is InChI=1S/C26H18N12O7/c1-12-19(34-35-21-18(28-2)10-29-37(21)16-5-3-13(4-6-16)22(40)41)20(27)38(36-12)25-31-24(32-26(44)33-25)30-15-7-14(23(42)43)8-17(9-15)45-11-39/h3-11H,27H2,1H3,(H,40,41)(H,42,43)(H2,30,31,32,33,44)/b35-34+. The number of carboxylic acid groups (broad SMARTS) is 2. The number of aromatic nitrogens is 7. The van der Waals surface area contributed by atoms with Crippen LogP contribution in [0.3, 0.4) is 0 Å². The molecule has 3 heterocycles. The van der Waals surface area contributed by atoms with Crippen LogP contribution in [0.25, 0.3) is 16.5 Å². The van der Waals surface area contributed by atoms with E-state index in [4.69, 9.17) is 22.1 Å². The van der Waals surface area contributed by atoms with Crippen molar-refractivity contribution in [2.75, 3.05) is 11.1 Å². The molecule has 0 bridgehead atoms. The molecule has 19 nitrogen and oxygen atoms in total. The molecule has 2 aromatic carbocycles. The summed E-state index contributed by atoms with van der Waals surface area (Å²) < 4.78 is 7.10. The van der Waals surface area contributed by atoms with E-state index in [1.807, 2.05) is 0 Å². The molecule has 0 amide bonds. The van der Waals surface area contributed by atoms with Crippen LogP contribution in [-0.4, -0.2) is 68.2 Å². The van der Waals surface area contributed by atoms with Gasteiger partial charge in [0.25, 0.3) is 18.1 Å². The zero-order valence-corrected chi connectivity index (χ0v) is 22.7. The van der Waals surface area contributed by atoms with Gasteiger partial charge in [-0.25, -0.2) is 19.1 Å². The van der Waals surface area contributed by atoms with Gasteiger partial charge in [-0.1, -0.05) is 0 Å². The first-order valence-corrected chi connectivity index (χ1v) is 12.3. The lowest BCUT2D eigenvalue weighted by molar-refractivity contribution is -0.120. The van der Waals surface area contributed by atoms with E-state index in [2.05, 4.69) is 45.5 Å². The summed E-state index contributed by atoms with van der Waals surface area (Å²) in [5, 5.41) is 48.2. The lowest BCUT2D eigenvalue weighted by Crippen LogP contribution is -2.10. The highest BCUT2D eigenvalue weighted by Crippen LogP contribution is 2.35. The Kier molecular flexibility index (Phi) is 7.77. The van der Waals surface area contributed by atoms with Gasteiger partial charge < -0.3 is 31.1 Å². The first kappa shape index (κ1) is 29.3. The molecule has 5 aromatic rings. The van der Waals surface area contributed by atoms with E-state index in [0.29, 0.717) is 5.69 Å². The molecule has 224 valence electrons. The topological polar surface area (TPSA) is 263 Å². The van der Waals surface area contributed by atoms with Crippen LogP contribution < -0.4 is 15.8 Å². The fourth-order valence-corrected chi connectivity index (χ4v) is 3.90. The van der Waals surface area contributed by atoms with Crippen molar-refractivity contribution in [3.05, 3.63) is 76.9 Å². The van der Waals surface area contributed by atoms with Crippen molar-refractivity contribution in [1.82, 2.24) is 34.5 Å². The van der Waals surface area contributed by atoms with Gasteiger partial charge in [0, 0.05) is 11.8 Å². The Morgan fingerprint density at radius 1 is 1.04 bits per heavy atom. The van der Waals surface area contributed by atoms with Crippen molar-refractivity contribution >= 4 is 53.1 Å². The minimum absolute atomic E-state index is 0.0328. The van der Waals surface area contributed by atoms with E-state index in [1.54, 1.807) is 6.92 Å². The van der Waals surface area contributed by atoms with Crippen molar-refractivity contribution < 1.29 is 34.4 Å². The van der Waals surface area contributed by atoms with Crippen LogP contribution >= 0.6 is 0 Å². The number of hydrogen-bond acceptors (Lipinski definition) is 14. The highest BCUT2D eigenvalue weighted by molar-refractivity contribution is 5.90. The number of nitrogens with two attached hydrogens (primary N) is 1. The fourth-order valence-electron chi connectivity index (χ4n) is 3.90. The van der Waals surface area contributed by atoms with Gasteiger partial charge in [0.2, 0.25) is 5.95 Å². The Morgan fingerprint density at radius 3 is 2.44 bits per heavy atom. The molecule has 0 aliphatic rings. The van der Waals surface area contributed by atoms with E-state index in [1.165, 1.54) is 47.3 Å². The summed E-state index contributed by atoms with van der Waals surface area (Å²) in [6.07, 6.45) is 1.27. The molecular formula is C26H18N12O7. The molecule has 0 radical (unpaired) electrons. The van der Waals surface area contributed by atoms with E-state index in [-0.39, 0.29) is 69.6 Å². The number of aryl methyl sites for hydroxylation is 1. The SMILES string of the molecule is [C-]#[N+]c1cnn(-c2ccc(C(=O)O)cc2)c1/N=N/c1c(C)nn(-c2nc(O)nc(Nc3cc(OC=O)cc(C(=O)O)c3)n2)c1N. The Bertz CT molecular complexity index is 2040. The number of nitrogens with zero attached hydrogens (tertiary/aromatic N) is 10. The second-order valence-corrected chi connectivity index (χ2v) is 8.81. The van der Waals surface area contributed by atoms with Crippen LogP contribution in [0.1, 0.15) is 26.4 Å². The highest BCUT2D eigenvalue weighted by Gasteiger charge is 2.20. The van der Waals surface area contributed by atoms with Crippen molar-refractivity contribution in [2.45, 2.75) is 6.92 Å². The number of nitrogen functional groups attached to an aromatic ring is 1. The third-order valence-corrected chi connectivity index (χ3v) is 5.91. The van der Waals surface area contributed by atoms with Gasteiger partial charge in [0.05, 0.1) is 35.3 Å². The zero-order valence-electron chi connectivity index (χ0n) is 22.7. The number of carbonyl (C=O) groups excluding carboxylic acids is 1. The highest BCUT2D eigenvalue weighted by atomic mass is 16.5. The van der Waals surface area contributed by atoms with Gasteiger partial charge in [-0.2, -0.15) is 29.8 Å². The number of anilines is 3. The fraction of sp³-hybridized carbons (Fsp3) is 0.0385. The molecule has 0 aliphatic carbocycles. The number of azo groups is 1. The van der Waals surface area contributed by atoms with Gasteiger partial charge >= 0.3 is 17.9 Å². The first-order chi connectivity index (χ1) is 21.6. The van der Waals surface area contributed by atoms with Gasteiger partial charge in [-0.15, -0.1) is 10.2 Å². The minimum atomic E-state index is -1.29.